The molecule has 0 saturated carbocycles. The summed E-state index contributed by atoms with van der Waals surface area (Å²) in [6.45, 7) is 2.24. The molecule has 0 radical (unpaired) electrons. The van der Waals surface area contributed by atoms with Gasteiger partial charge in [-0.05, 0) is 25.1 Å². The van der Waals surface area contributed by atoms with Gasteiger partial charge in [0.2, 0.25) is 15.9 Å². The summed E-state index contributed by atoms with van der Waals surface area (Å²) >= 11 is 0. The van der Waals surface area contributed by atoms with Crippen LogP contribution in [0.25, 0.3) is 0 Å². The van der Waals surface area contributed by atoms with Crippen molar-refractivity contribution in [3.63, 3.8) is 0 Å². The average molecular weight is 336 g/mol. The molecule has 1 heterocycles. The molecular formula is C14H16N4O4S. The molecule has 0 aliphatic rings. The largest absolute Gasteiger partial charge is 0.478 e. The minimum atomic E-state index is -3.39. The van der Waals surface area contributed by atoms with Crippen LogP contribution in [0.1, 0.15) is 17.4 Å². The van der Waals surface area contributed by atoms with Crippen LogP contribution in [0.5, 0.6) is 5.88 Å². The van der Waals surface area contributed by atoms with Crippen molar-refractivity contribution in [2.45, 2.75) is 6.92 Å². The third kappa shape index (κ3) is 5.22. The molecule has 0 aliphatic carbocycles. The zero-order chi connectivity index (χ0) is 16.9. The van der Waals surface area contributed by atoms with E-state index in [0.717, 1.165) is 6.26 Å². The van der Waals surface area contributed by atoms with Crippen molar-refractivity contribution in [1.82, 2.24) is 9.97 Å². The predicted molar refractivity (Wildman–Crippen MR) is 86.1 cm³/mol. The van der Waals surface area contributed by atoms with Crippen LogP contribution in [-0.2, 0) is 10.0 Å². The number of carbonyl (C=O) groups excluding carboxylic acids is 1. The molecule has 0 spiro atoms. The summed E-state index contributed by atoms with van der Waals surface area (Å²) in [6.07, 6.45) is 2.29. The van der Waals surface area contributed by atoms with Gasteiger partial charge in [-0.25, -0.2) is 18.4 Å². The maximum Gasteiger partial charge on any atom is 0.274 e. The van der Waals surface area contributed by atoms with Crippen molar-refractivity contribution in [2.24, 2.45) is 0 Å². The van der Waals surface area contributed by atoms with Crippen LogP contribution in [0, 0.1) is 0 Å². The third-order valence-electron chi connectivity index (χ3n) is 2.59. The molecule has 1 aromatic carbocycles. The topological polar surface area (TPSA) is 110 Å². The van der Waals surface area contributed by atoms with Gasteiger partial charge in [0, 0.05) is 11.8 Å². The summed E-state index contributed by atoms with van der Waals surface area (Å²) in [5.74, 6) is -0.148. The fourth-order valence-corrected chi connectivity index (χ4v) is 2.32. The second-order valence-corrected chi connectivity index (χ2v) is 6.33. The lowest BCUT2D eigenvalue weighted by Gasteiger charge is -2.08. The summed E-state index contributed by atoms with van der Waals surface area (Å²) in [4.78, 5) is 19.9. The summed E-state index contributed by atoms with van der Waals surface area (Å²) in [5, 5.41) is 2.63. The molecule has 122 valence electrons. The smallest absolute Gasteiger partial charge is 0.274 e. The van der Waals surface area contributed by atoms with E-state index in [1.54, 1.807) is 18.2 Å². The number of hydrogen-bond acceptors (Lipinski definition) is 6. The van der Waals surface area contributed by atoms with Gasteiger partial charge in [-0.1, -0.05) is 6.07 Å². The number of aromatic nitrogens is 2. The zero-order valence-electron chi connectivity index (χ0n) is 12.6. The molecule has 0 fully saturated rings. The highest BCUT2D eigenvalue weighted by Crippen LogP contribution is 2.17. The molecule has 2 N–H and O–H groups in total. The first-order chi connectivity index (χ1) is 10.9. The first-order valence-corrected chi connectivity index (χ1v) is 8.60. The zero-order valence-corrected chi connectivity index (χ0v) is 13.4. The van der Waals surface area contributed by atoms with E-state index in [2.05, 4.69) is 20.0 Å². The van der Waals surface area contributed by atoms with Gasteiger partial charge in [-0.15, -0.1) is 0 Å². The Hall–Kier alpha value is -2.68. The highest BCUT2D eigenvalue weighted by atomic mass is 32.2. The van der Waals surface area contributed by atoms with Crippen LogP contribution in [0.4, 0.5) is 11.4 Å². The molecule has 8 nitrogen and oxygen atoms in total. The van der Waals surface area contributed by atoms with Gasteiger partial charge in [0.1, 0.15) is 12.0 Å². The van der Waals surface area contributed by atoms with Crippen molar-refractivity contribution < 1.29 is 17.9 Å². The maximum absolute atomic E-state index is 12.2. The second-order valence-electron chi connectivity index (χ2n) is 4.58. The number of sulfonamides is 1. The SMILES string of the molecule is CCOc1cc(C(=O)Nc2cccc(NS(C)(=O)=O)c2)ncn1. The number of nitrogens with zero attached hydrogens (tertiary/aromatic N) is 2. The summed E-state index contributed by atoms with van der Waals surface area (Å²) < 4.78 is 30.0. The molecule has 0 atom stereocenters. The molecule has 9 heteroatoms. The van der Waals surface area contributed by atoms with E-state index >= 15 is 0 Å². The lowest BCUT2D eigenvalue weighted by molar-refractivity contribution is 0.102. The summed E-state index contributed by atoms with van der Waals surface area (Å²) in [7, 11) is -3.39. The Morgan fingerprint density at radius 2 is 1.96 bits per heavy atom. The van der Waals surface area contributed by atoms with Crippen molar-refractivity contribution in [1.29, 1.82) is 0 Å². The Kier molecular flexibility index (Phi) is 5.12. The van der Waals surface area contributed by atoms with E-state index in [0.29, 0.717) is 23.9 Å². The number of nitrogens with one attached hydrogen (secondary N) is 2. The van der Waals surface area contributed by atoms with E-state index in [4.69, 9.17) is 4.74 Å². The average Bonchev–Trinajstić information content (AvgIpc) is 2.46. The van der Waals surface area contributed by atoms with Crippen molar-refractivity contribution in [2.75, 3.05) is 22.9 Å². The number of anilines is 2. The van der Waals surface area contributed by atoms with E-state index in [1.165, 1.54) is 18.5 Å². The van der Waals surface area contributed by atoms with Crippen LogP contribution in [0.15, 0.2) is 36.7 Å². The van der Waals surface area contributed by atoms with E-state index in [-0.39, 0.29) is 5.69 Å². The van der Waals surface area contributed by atoms with Gasteiger partial charge in [0.15, 0.2) is 0 Å². The first-order valence-electron chi connectivity index (χ1n) is 6.71. The van der Waals surface area contributed by atoms with Crippen molar-refractivity contribution >= 4 is 27.3 Å². The standard InChI is InChI=1S/C14H16N4O4S/c1-3-22-13-8-12(15-9-16-13)14(19)17-10-5-4-6-11(7-10)18-23(2,20)21/h4-9,18H,3H2,1-2H3,(H,17,19). The number of carbonyl (C=O) groups is 1. The maximum atomic E-state index is 12.2. The van der Waals surface area contributed by atoms with Gasteiger partial charge in [-0.2, -0.15) is 0 Å². The summed E-state index contributed by atoms with van der Waals surface area (Å²) in [5.41, 5.74) is 0.924. The number of amides is 1. The van der Waals surface area contributed by atoms with Crippen LogP contribution in [0.2, 0.25) is 0 Å². The first kappa shape index (κ1) is 16.7. The van der Waals surface area contributed by atoms with E-state index in [9.17, 15) is 13.2 Å². The van der Waals surface area contributed by atoms with Gasteiger partial charge in [0.05, 0.1) is 18.6 Å². The van der Waals surface area contributed by atoms with Crippen LogP contribution in [0.3, 0.4) is 0 Å². The minimum Gasteiger partial charge on any atom is -0.478 e. The number of rotatable bonds is 6. The lowest BCUT2D eigenvalue weighted by Crippen LogP contribution is -2.15. The Bertz CT molecular complexity index is 808. The molecule has 2 aromatic rings. The quantitative estimate of drug-likeness (QED) is 0.827. The Morgan fingerprint density at radius 3 is 2.65 bits per heavy atom. The van der Waals surface area contributed by atoms with E-state index < -0.39 is 15.9 Å². The number of benzene rings is 1. The number of hydrogen-bond donors (Lipinski definition) is 2. The highest BCUT2D eigenvalue weighted by Gasteiger charge is 2.10. The highest BCUT2D eigenvalue weighted by molar-refractivity contribution is 7.92. The molecule has 1 aromatic heterocycles. The summed E-state index contributed by atoms with van der Waals surface area (Å²) in [6, 6.07) is 7.76. The Balaban J connectivity index is 2.14. The molecule has 0 aliphatic heterocycles. The molecule has 0 unspecified atom stereocenters. The number of ether oxygens (including phenoxy) is 1. The lowest BCUT2D eigenvalue weighted by atomic mass is 10.2. The predicted octanol–water partition coefficient (Wildman–Crippen LogP) is 1.50. The normalized spacial score (nSPS) is 10.9. The van der Waals surface area contributed by atoms with Gasteiger partial charge in [0.25, 0.3) is 5.91 Å². The Labute approximate surface area is 134 Å². The minimum absolute atomic E-state index is 0.143. The fourth-order valence-electron chi connectivity index (χ4n) is 1.76. The van der Waals surface area contributed by atoms with Crippen LogP contribution < -0.4 is 14.8 Å². The molecule has 2 rings (SSSR count). The van der Waals surface area contributed by atoms with Gasteiger partial charge < -0.3 is 10.1 Å². The fraction of sp³-hybridized carbons (Fsp3) is 0.214. The van der Waals surface area contributed by atoms with E-state index in [1.807, 2.05) is 6.92 Å². The molecule has 1 amide bonds. The second kappa shape index (κ2) is 7.05. The van der Waals surface area contributed by atoms with Gasteiger partial charge >= 0.3 is 0 Å². The third-order valence-corrected chi connectivity index (χ3v) is 3.20. The molecule has 0 saturated heterocycles. The Morgan fingerprint density at radius 1 is 1.22 bits per heavy atom. The van der Waals surface area contributed by atoms with Crippen LogP contribution >= 0.6 is 0 Å². The molecule has 0 bridgehead atoms. The molecule has 23 heavy (non-hydrogen) atoms. The molecular weight excluding hydrogens is 320 g/mol. The van der Waals surface area contributed by atoms with Crippen molar-refractivity contribution in [3.05, 3.63) is 42.4 Å². The van der Waals surface area contributed by atoms with Gasteiger partial charge in [-0.3, -0.25) is 9.52 Å². The monoisotopic (exact) mass is 336 g/mol. The van der Waals surface area contributed by atoms with Crippen molar-refractivity contribution in [3.8, 4) is 5.88 Å². The van der Waals surface area contributed by atoms with Crippen LogP contribution in [-0.4, -0.2) is 37.2 Å².